The SMILES string of the molecule is CC(C)[C@H](NC(=O)c1ccc(C(C)(C)C)cc1)C(=O)Nc1ccc(-n2cncn2)cc1. The van der Waals surface area contributed by atoms with Gasteiger partial charge in [-0.1, -0.05) is 46.8 Å². The number of aromatic nitrogens is 3. The van der Waals surface area contributed by atoms with E-state index >= 15 is 0 Å². The lowest BCUT2D eigenvalue weighted by molar-refractivity contribution is -0.118. The molecule has 3 rings (SSSR count). The largest absolute Gasteiger partial charge is 0.340 e. The van der Waals surface area contributed by atoms with Crippen LogP contribution >= 0.6 is 0 Å². The van der Waals surface area contributed by atoms with Crippen molar-refractivity contribution in [2.45, 2.75) is 46.1 Å². The number of amides is 2. The van der Waals surface area contributed by atoms with Crippen LogP contribution in [0.25, 0.3) is 5.69 Å². The number of benzene rings is 2. The van der Waals surface area contributed by atoms with E-state index in [4.69, 9.17) is 0 Å². The van der Waals surface area contributed by atoms with Crippen LogP contribution in [0.1, 0.15) is 50.5 Å². The molecule has 31 heavy (non-hydrogen) atoms. The molecule has 0 unspecified atom stereocenters. The predicted molar refractivity (Wildman–Crippen MR) is 121 cm³/mol. The summed E-state index contributed by atoms with van der Waals surface area (Å²) in [5.74, 6) is -0.605. The first-order valence-corrected chi connectivity index (χ1v) is 10.3. The van der Waals surface area contributed by atoms with Gasteiger partial charge in [0.2, 0.25) is 5.91 Å². The molecular formula is C24H29N5O2. The monoisotopic (exact) mass is 419 g/mol. The maximum atomic E-state index is 12.9. The van der Waals surface area contributed by atoms with Crippen molar-refractivity contribution in [3.05, 3.63) is 72.3 Å². The summed E-state index contributed by atoms with van der Waals surface area (Å²) in [5, 5.41) is 9.83. The number of carbonyl (C=O) groups excluding carboxylic acids is 2. The van der Waals surface area contributed by atoms with E-state index in [0.717, 1.165) is 11.3 Å². The first kappa shape index (κ1) is 22.2. The van der Waals surface area contributed by atoms with Gasteiger partial charge >= 0.3 is 0 Å². The maximum Gasteiger partial charge on any atom is 0.251 e. The Bertz CT molecular complexity index is 1020. The third-order valence-electron chi connectivity index (χ3n) is 5.07. The standard InChI is InChI=1S/C24H29N5O2/c1-16(2)21(28-22(30)17-6-8-18(9-7-17)24(3,4)5)23(31)27-19-10-12-20(13-11-19)29-15-25-14-26-29/h6-16,21H,1-5H3,(H,27,31)(H,28,30)/t21-/m0/s1. The molecular weight excluding hydrogens is 390 g/mol. The normalized spacial score (nSPS) is 12.5. The molecule has 3 aromatic rings. The van der Waals surface area contributed by atoms with E-state index in [2.05, 4.69) is 41.5 Å². The Morgan fingerprint density at radius 1 is 0.968 bits per heavy atom. The van der Waals surface area contributed by atoms with Crippen molar-refractivity contribution in [3.63, 3.8) is 0 Å². The minimum Gasteiger partial charge on any atom is -0.340 e. The fraction of sp³-hybridized carbons (Fsp3) is 0.333. The van der Waals surface area contributed by atoms with Crippen LogP contribution in [-0.4, -0.2) is 32.6 Å². The van der Waals surface area contributed by atoms with Gasteiger partial charge in [-0.05, 0) is 53.3 Å². The number of nitrogens with one attached hydrogen (secondary N) is 2. The van der Waals surface area contributed by atoms with E-state index in [9.17, 15) is 9.59 Å². The Morgan fingerprint density at radius 3 is 2.13 bits per heavy atom. The molecule has 162 valence electrons. The molecule has 1 atom stereocenters. The molecule has 1 heterocycles. The minimum absolute atomic E-state index is 0.0127. The lowest BCUT2D eigenvalue weighted by Crippen LogP contribution is -2.47. The van der Waals surface area contributed by atoms with Gasteiger partial charge in [0.1, 0.15) is 18.7 Å². The van der Waals surface area contributed by atoms with Crippen molar-refractivity contribution in [2.24, 2.45) is 5.92 Å². The highest BCUT2D eigenvalue weighted by atomic mass is 16.2. The van der Waals surface area contributed by atoms with Gasteiger partial charge in [-0.15, -0.1) is 0 Å². The molecule has 0 saturated heterocycles. The summed E-state index contributed by atoms with van der Waals surface area (Å²) in [4.78, 5) is 29.5. The zero-order valence-corrected chi connectivity index (χ0v) is 18.6. The van der Waals surface area contributed by atoms with Gasteiger partial charge in [0.05, 0.1) is 5.69 Å². The molecule has 0 aliphatic rings. The zero-order chi connectivity index (χ0) is 22.6. The molecule has 0 aliphatic heterocycles. The maximum absolute atomic E-state index is 12.9. The van der Waals surface area contributed by atoms with E-state index in [1.165, 1.54) is 6.33 Å². The topological polar surface area (TPSA) is 88.9 Å². The van der Waals surface area contributed by atoms with Gasteiger partial charge in [-0.2, -0.15) is 5.10 Å². The second-order valence-electron chi connectivity index (χ2n) is 8.90. The molecule has 7 heteroatoms. The third kappa shape index (κ3) is 5.57. The van der Waals surface area contributed by atoms with Crippen molar-refractivity contribution in [1.29, 1.82) is 0 Å². The first-order valence-electron chi connectivity index (χ1n) is 10.3. The summed E-state index contributed by atoms with van der Waals surface area (Å²) in [7, 11) is 0. The summed E-state index contributed by atoms with van der Waals surface area (Å²) in [6.45, 7) is 10.2. The van der Waals surface area contributed by atoms with Gasteiger partial charge in [0.25, 0.3) is 5.91 Å². The highest BCUT2D eigenvalue weighted by Gasteiger charge is 2.25. The van der Waals surface area contributed by atoms with Crippen molar-refractivity contribution in [1.82, 2.24) is 20.1 Å². The fourth-order valence-corrected chi connectivity index (χ4v) is 3.14. The molecule has 7 nitrogen and oxygen atoms in total. The van der Waals surface area contributed by atoms with E-state index in [0.29, 0.717) is 11.3 Å². The fourth-order valence-electron chi connectivity index (χ4n) is 3.14. The second kappa shape index (κ2) is 9.12. The molecule has 0 fully saturated rings. The van der Waals surface area contributed by atoms with Gasteiger partial charge in [-0.3, -0.25) is 9.59 Å². The highest BCUT2D eigenvalue weighted by Crippen LogP contribution is 2.22. The Labute approximate surface area is 182 Å². The van der Waals surface area contributed by atoms with Crippen LogP contribution in [0.15, 0.2) is 61.2 Å². The minimum atomic E-state index is -0.662. The molecule has 1 aromatic heterocycles. The van der Waals surface area contributed by atoms with Crippen LogP contribution in [-0.2, 0) is 10.2 Å². The van der Waals surface area contributed by atoms with Crippen molar-refractivity contribution >= 4 is 17.5 Å². The van der Waals surface area contributed by atoms with Crippen molar-refractivity contribution < 1.29 is 9.59 Å². The Balaban J connectivity index is 1.67. The van der Waals surface area contributed by atoms with E-state index < -0.39 is 6.04 Å². The van der Waals surface area contributed by atoms with Crippen LogP contribution in [0.5, 0.6) is 0 Å². The van der Waals surface area contributed by atoms with Crippen LogP contribution < -0.4 is 10.6 Å². The Hall–Kier alpha value is -3.48. The highest BCUT2D eigenvalue weighted by molar-refractivity contribution is 6.01. The van der Waals surface area contributed by atoms with Crippen molar-refractivity contribution in [3.8, 4) is 5.69 Å². The lowest BCUT2D eigenvalue weighted by Gasteiger charge is -2.22. The van der Waals surface area contributed by atoms with Gasteiger partial charge < -0.3 is 10.6 Å². The predicted octanol–water partition coefficient (Wildman–Crippen LogP) is 3.96. The Kier molecular flexibility index (Phi) is 6.53. The quantitative estimate of drug-likeness (QED) is 0.633. The zero-order valence-electron chi connectivity index (χ0n) is 18.6. The summed E-state index contributed by atoms with van der Waals surface area (Å²) in [5.41, 5.74) is 3.17. The number of rotatable bonds is 6. The lowest BCUT2D eigenvalue weighted by atomic mass is 9.86. The molecule has 0 aliphatic carbocycles. The number of hydrogen-bond acceptors (Lipinski definition) is 4. The summed E-state index contributed by atoms with van der Waals surface area (Å²) >= 11 is 0. The van der Waals surface area contributed by atoms with E-state index in [-0.39, 0.29) is 23.1 Å². The molecule has 0 radical (unpaired) electrons. The summed E-state index contributed by atoms with van der Waals surface area (Å²) < 4.78 is 1.63. The van der Waals surface area contributed by atoms with Gasteiger partial charge in [0, 0.05) is 11.3 Å². The number of nitrogens with zero attached hydrogens (tertiary/aromatic N) is 3. The molecule has 0 bridgehead atoms. The van der Waals surface area contributed by atoms with Gasteiger partial charge in [0.15, 0.2) is 0 Å². The van der Waals surface area contributed by atoms with Crippen LogP contribution in [0.3, 0.4) is 0 Å². The molecule has 0 spiro atoms. The molecule has 2 amide bonds. The van der Waals surface area contributed by atoms with Crippen molar-refractivity contribution in [2.75, 3.05) is 5.32 Å². The van der Waals surface area contributed by atoms with E-state index in [1.54, 1.807) is 35.3 Å². The third-order valence-corrected chi connectivity index (χ3v) is 5.07. The first-order chi connectivity index (χ1) is 14.6. The van der Waals surface area contributed by atoms with Crippen LogP contribution in [0.4, 0.5) is 5.69 Å². The molecule has 0 saturated carbocycles. The number of anilines is 1. The average molecular weight is 420 g/mol. The number of hydrogen-bond donors (Lipinski definition) is 2. The number of carbonyl (C=O) groups is 2. The molecule has 2 N–H and O–H groups in total. The van der Waals surface area contributed by atoms with Crippen LogP contribution in [0.2, 0.25) is 0 Å². The second-order valence-corrected chi connectivity index (χ2v) is 8.90. The Morgan fingerprint density at radius 2 is 1.61 bits per heavy atom. The smallest absolute Gasteiger partial charge is 0.251 e. The van der Waals surface area contributed by atoms with Gasteiger partial charge in [-0.25, -0.2) is 9.67 Å². The average Bonchev–Trinajstić information content (AvgIpc) is 3.26. The van der Waals surface area contributed by atoms with E-state index in [1.807, 2.05) is 38.1 Å². The molecule has 2 aromatic carbocycles. The van der Waals surface area contributed by atoms with Crippen LogP contribution in [0, 0.1) is 5.92 Å². The summed E-state index contributed by atoms with van der Waals surface area (Å²) in [6.07, 6.45) is 3.06. The summed E-state index contributed by atoms with van der Waals surface area (Å²) in [6, 6.07) is 14.1.